The molecule has 0 aromatic carbocycles. The summed E-state index contributed by atoms with van der Waals surface area (Å²) < 4.78 is 1.60. The van der Waals surface area contributed by atoms with Gasteiger partial charge in [-0.1, -0.05) is 17.4 Å². The molecule has 1 aliphatic carbocycles. The summed E-state index contributed by atoms with van der Waals surface area (Å²) in [4.78, 5) is 11.8. The van der Waals surface area contributed by atoms with Crippen molar-refractivity contribution in [2.45, 2.75) is 18.9 Å². The standard InChI is InChI=1S/C10H14N4O/c1-14-6-9(12-13-14)5-10(15)7-2-3-8(11)4-7/h2-3,6-8H,4-5,11H2,1H3. The highest BCUT2D eigenvalue weighted by molar-refractivity contribution is 5.84. The lowest BCUT2D eigenvalue weighted by atomic mass is 9.99. The van der Waals surface area contributed by atoms with E-state index in [-0.39, 0.29) is 17.7 Å². The van der Waals surface area contributed by atoms with E-state index in [1.54, 1.807) is 17.9 Å². The van der Waals surface area contributed by atoms with Crippen LogP contribution in [0.2, 0.25) is 0 Å². The summed E-state index contributed by atoms with van der Waals surface area (Å²) in [5.41, 5.74) is 6.41. The molecule has 0 spiro atoms. The number of hydrogen-bond acceptors (Lipinski definition) is 4. The number of aromatic nitrogens is 3. The predicted octanol–water partition coefficient (Wildman–Crippen LogP) is -0.170. The van der Waals surface area contributed by atoms with Gasteiger partial charge in [0.15, 0.2) is 0 Å². The fourth-order valence-electron chi connectivity index (χ4n) is 1.75. The molecule has 2 rings (SSSR count). The van der Waals surface area contributed by atoms with Gasteiger partial charge in [-0.3, -0.25) is 9.48 Å². The Bertz CT molecular complexity index is 396. The molecule has 5 heteroatoms. The van der Waals surface area contributed by atoms with Crippen LogP contribution in [-0.4, -0.2) is 26.8 Å². The van der Waals surface area contributed by atoms with Crippen molar-refractivity contribution in [2.75, 3.05) is 0 Å². The summed E-state index contributed by atoms with van der Waals surface area (Å²) in [5, 5.41) is 7.67. The highest BCUT2D eigenvalue weighted by Gasteiger charge is 2.23. The van der Waals surface area contributed by atoms with Crippen molar-refractivity contribution >= 4 is 5.78 Å². The molecule has 1 aliphatic rings. The number of ketones is 1. The average Bonchev–Trinajstić information content (AvgIpc) is 2.75. The average molecular weight is 206 g/mol. The molecule has 5 nitrogen and oxygen atoms in total. The molecule has 80 valence electrons. The maximum Gasteiger partial charge on any atom is 0.145 e. The molecule has 0 bridgehead atoms. The molecule has 0 radical (unpaired) electrons. The van der Waals surface area contributed by atoms with Crippen LogP contribution in [0.15, 0.2) is 18.3 Å². The number of carbonyl (C=O) groups is 1. The van der Waals surface area contributed by atoms with Gasteiger partial charge in [-0.25, -0.2) is 0 Å². The van der Waals surface area contributed by atoms with Gasteiger partial charge in [0.05, 0.1) is 12.1 Å². The maximum atomic E-state index is 11.8. The zero-order chi connectivity index (χ0) is 10.8. The fraction of sp³-hybridized carbons (Fsp3) is 0.500. The molecule has 1 aromatic heterocycles. The topological polar surface area (TPSA) is 73.8 Å². The first-order chi connectivity index (χ1) is 7.15. The lowest BCUT2D eigenvalue weighted by molar-refractivity contribution is -0.120. The molecule has 1 heterocycles. The van der Waals surface area contributed by atoms with Gasteiger partial charge in [-0.2, -0.15) is 0 Å². The molecule has 2 unspecified atom stereocenters. The quantitative estimate of drug-likeness (QED) is 0.697. The van der Waals surface area contributed by atoms with Crippen LogP contribution in [0.5, 0.6) is 0 Å². The number of nitrogens with two attached hydrogens (primary N) is 1. The minimum Gasteiger partial charge on any atom is -0.324 e. The van der Waals surface area contributed by atoms with Crippen molar-refractivity contribution < 1.29 is 4.79 Å². The van der Waals surface area contributed by atoms with E-state index in [9.17, 15) is 4.79 Å². The Labute approximate surface area is 88.0 Å². The highest BCUT2D eigenvalue weighted by Crippen LogP contribution is 2.18. The maximum absolute atomic E-state index is 11.8. The van der Waals surface area contributed by atoms with E-state index in [0.717, 1.165) is 12.1 Å². The minimum absolute atomic E-state index is 0.0285. The van der Waals surface area contributed by atoms with Crippen molar-refractivity contribution in [3.8, 4) is 0 Å². The normalized spacial score (nSPS) is 24.7. The van der Waals surface area contributed by atoms with E-state index < -0.39 is 0 Å². The van der Waals surface area contributed by atoms with Crippen LogP contribution in [0.3, 0.4) is 0 Å². The minimum atomic E-state index is -0.0398. The number of aryl methyl sites for hydroxylation is 1. The van der Waals surface area contributed by atoms with Crippen molar-refractivity contribution in [1.82, 2.24) is 15.0 Å². The van der Waals surface area contributed by atoms with Crippen LogP contribution in [0.1, 0.15) is 12.1 Å². The molecule has 0 fully saturated rings. The summed E-state index contributed by atoms with van der Waals surface area (Å²) in [6.45, 7) is 0. The first kappa shape index (κ1) is 10.0. The Morgan fingerprint density at radius 3 is 3.00 bits per heavy atom. The molecule has 15 heavy (non-hydrogen) atoms. The van der Waals surface area contributed by atoms with E-state index in [1.807, 2.05) is 12.2 Å². The van der Waals surface area contributed by atoms with Gasteiger partial charge in [0.25, 0.3) is 0 Å². The Morgan fingerprint density at radius 1 is 1.67 bits per heavy atom. The number of hydrogen-bond donors (Lipinski definition) is 1. The van der Waals surface area contributed by atoms with Gasteiger partial charge in [0, 0.05) is 25.2 Å². The summed E-state index contributed by atoms with van der Waals surface area (Å²) >= 11 is 0. The smallest absolute Gasteiger partial charge is 0.145 e. The Hall–Kier alpha value is -1.49. The number of rotatable bonds is 3. The second kappa shape index (κ2) is 3.94. The number of Topliss-reactive ketones (excluding diaryl/α,β-unsaturated/α-hetero) is 1. The predicted molar refractivity (Wildman–Crippen MR) is 54.9 cm³/mol. The molecule has 2 atom stereocenters. The first-order valence-corrected chi connectivity index (χ1v) is 4.97. The Balaban J connectivity index is 1.96. The van der Waals surface area contributed by atoms with E-state index in [2.05, 4.69) is 10.3 Å². The van der Waals surface area contributed by atoms with Gasteiger partial charge in [-0.15, -0.1) is 5.10 Å². The summed E-state index contributed by atoms with van der Waals surface area (Å²) in [6, 6.07) is 0.0285. The fourth-order valence-corrected chi connectivity index (χ4v) is 1.75. The molecule has 0 saturated carbocycles. The SMILES string of the molecule is Cn1cc(CC(=O)C2C=CC(N)C2)nn1. The van der Waals surface area contributed by atoms with Crippen LogP contribution in [0, 0.1) is 5.92 Å². The van der Waals surface area contributed by atoms with Crippen LogP contribution >= 0.6 is 0 Å². The Morgan fingerprint density at radius 2 is 2.47 bits per heavy atom. The lowest BCUT2D eigenvalue weighted by Crippen LogP contribution is -2.20. The van der Waals surface area contributed by atoms with Crippen LogP contribution in [0.25, 0.3) is 0 Å². The van der Waals surface area contributed by atoms with Crippen LogP contribution < -0.4 is 5.73 Å². The van der Waals surface area contributed by atoms with Crippen molar-refractivity contribution in [1.29, 1.82) is 0 Å². The number of nitrogens with zero attached hydrogens (tertiary/aromatic N) is 3. The monoisotopic (exact) mass is 206 g/mol. The van der Waals surface area contributed by atoms with Crippen molar-refractivity contribution in [2.24, 2.45) is 18.7 Å². The van der Waals surface area contributed by atoms with Gasteiger partial charge in [0.2, 0.25) is 0 Å². The lowest BCUT2D eigenvalue weighted by Gasteiger charge is -2.06. The van der Waals surface area contributed by atoms with Crippen LogP contribution in [0.4, 0.5) is 0 Å². The third-order valence-electron chi connectivity index (χ3n) is 2.54. The van der Waals surface area contributed by atoms with E-state index in [1.165, 1.54) is 0 Å². The van der Waals surface area contributed by atoms with E-state index >= 15 is 0 Å². The van der Waals surface area contributed by atoms with Gasteiger partial charge in [-0.05, 0) is 6.42 Å². The molecular formula is C10H14N4O. The molecule has 0 amide bonds. The second-order valence-corrected chi connectivity index (χ2v) is 3.92. The highest BCUT2D eigenvalue weighted by atomic mass is 16.1. The zero-order valence-electron chi connectivity index (χ0n) is 8.63. The third-order valence-corrected chi connectivity index (χ3v) is 2.54. The van der Waals surface area contributed by atoms with Gasteiger partial charge in [0.1, 0.15) is 5.78 Å². The van der Waals surface area contributed by atoms with E-state index in [0.29, 0.717) is 6.42 Å². The van der Waals surface area contributed by atoms with Crippen LogP contribution in [-0.2, 0) is 18.3 Å². The first-order valence-electron chi connectivity index (χ1n) is 4.97. The number of allylic oxidation sites excluding steroid dienone is 1. The van der Waals surface area contributed by atoms with Gasteiger partial charge < -0.3 is 5.73 Å². The second-order valence-electron chi connectivity index (χ2n) is 3.92. The zero-order valence-corrected chi connectivity index (χ0v) is 8.63. The number of carbonyl (C=O) groups excluding carboxylic acids is 1. The largest absolute Gasteiger partial charge is 0.324 e. The molecular weight excluding hydrogens is 192 g/mol. The van der Waals surface area contributed by atoms with Crippen molar-refractivity contribution in [3.63, 3.8) is 0 Å². The molecule has 0 saturated heterocycles. The van der Waals surface area contributed by atoms with E-state index in [4.69, 9.17) is 5.73 Å². The van der Waals surface area contributed by atoms with Crippen molar-refractivity contribution in [3.05, 3.63) is 24.0 Å². The molecule has 1 aromatic rings. The van der Waals surface area contributed by atoms with Gasteiger partial charge >= 0.3 is 0 Å². The summed E-state index contributed by atoms with van der Waals surface area (Å²) in [6.07, 6.45) is 6.60. The molecule has 2 N–H and O–H groups in total. The third kappa shape index (κ3) is 2.30. The summed E-state index contributed by atoms with van der Waals surface area (Å²) in [7, 11) is 1.78. The Kier molecular flexibility index (Phi) is 2.64. The molecule has 0 aliphatic heterocycles. The summed E-state index contributed by atoms with van der Waals surface area (Å²) in [5.74, 6) is 0.127.